The molecule has 0 saturated heterocycles. The monoisotopic (exact) mass is 231 g/mol. The second-order valence-electron chi connectivity index (χ2n) is 2.13. The molecule has 74 valence electrons. The minimum Gasteiger partial charge on any atom is -0.249 e. The summed E-state index contributed by atoms with van der Waals surface area (Å²) >= 11 is 0.876. The van der Waals surface area contributed by atoms with Crippen molar-refractivity contribution in [1.82, 2.24) is 4.98 Å². The van der Waals surface area contributed by atoms with Crippen molar-refractivity contribution in [2.24, 2.45) is 0 Å². The molecule has 8 heteroatoms. The van der Waals surface area contributed by atoms with Gasteiger partial charge in [-0.15, -0.1) is 11.3 Å². The lowest BCUT2D eigenvalue weighted by Gasteiger charge is -2.05. The van der Waals surface area contributed by atoms with E-state index in [1.54, 1.807) is 0 Å². The molecule has 0 aromatic carbocycles. The Labute approximate surface area is 76.1 Å². The van der Waals surface area contributed by atoms with E-state index in [1.807, 2.05) is 0 Å². The summed E-state index contributed by atoms with van der Waals surface area (Å²) in [5, 5.41) is 1.36. The number of hydrogen-bond acceptors (Lipinski definition) is 4. The standard InChI is InChI=1S/C5H4F3NO2S2/c6-5(7,8)13(10,11)3-4-9-1-2-12-4/h1-2H,3H2. The Hall–Kier alpha value is -0.630. The molecule has 3 nitrogen and oxygen atoms in total. The molecule has 0 spiro atoms. The number of aromatic nitrogens is 1. The van der Waals surface area contributed by atoms with Crippen LogP contribution in [0.15, 0.2) is 11.6 Å². The highest BCUT2D eigenvalue weighted by molar-refractivity contribution is 7.91. The van der Waals surface area contributed by atoms with Crippen LogP contribution < -0.4 is 0 Å². The van der Waals surface area contributed by atoms with Gasteiger partial charge in [0.25, 0.3) is 9.84 Å². The van der Waals surface area contributed by atoms with Crippen LogP contribution in [0.1, 0.15) is 5.01 Å². The zero-order valence-electron chi connectivity index (χ0n) is 6.08. The van der Waals surface area contributed by atoms with Gasteiger partial charge in [0, 0.05) is 11.6 Å². The lowest BCUT2D eigenvalue weighted by molar-refractivity contribution is -0.0437. The van der Waals surface area contributed by atoms with E-state index in [2.05, 4.69) is 4.98 Å². The van der Waals surface area contributed by atoms with Gasteiger partial charge in [-0.05, 0) is 0 Å². The molecule has 0 saturated carbocycles. The van der Waals surface area contributed by atoms with Gasteiger partial charge in [0.05, 0.1) is 0 Å². The minimum atomic E-state index is -5.20. The van der Waals surface area contributed by atoms with Crippen molar-refractivity contribution < 1.29 is 21.6 Å². The number of sulfone groups is 1. The maximum atomic E-state index is 11.8. The Morgan fingerprint density at radius 1 is 1.46 bits per heavy atom. The maximum absolute atomic E-state index is 11.8. The summed E-state index contributed by atoms with van der Waals surface area (Å²) in [6.07, 6.45) is 1.26. The van der Waals surface area contributed by atoms with E-state index in [0.29, 0.717) is 0 Å². The molecule has 0 aliphatic carbocycles. The zero-order chi connectivity index (χ0) is 10.1. The van der Waals surface area contributed by atoms with E-state index in [1.165, 1.54) is 11.6 Å². The molecular formula is C5H4F3NO2S2. The average Bonchev–Trinajstić information content (AvgIpc) is 2.35. The first-order valence-electron chi connectivity index (χ1n) is 3.00. The molecule has 0 aliphatic heterocycles. The van der Waals surface area contributed by atoms with Crippen molar-refractivity contribution in [2.75, 3.05) is 0 Å². The van der Waals surface area contributed by atoms with Crippen LogP contribution in [0.5, 0.6) is 0 Å². The summed E-state index contributed by atoms with van der Waals surface area (Å²) in [6.45, 7) is 0. The van der Waals surface area contributed by atoms with Crippen molar-refractivity contribution in [2.45, 2.75) is 11.3 Å². The molecule has 0 fully saturated rings. The number of halogens is 3. The van der Waals surface area contributed by atoms with Gasteiger partial charge in [0.1, 0.15) is 10.8 Å². The lowest BCUT2D eigenvalue weighted by atomic mass is 10.8. The number of hydrogen-bond donors (Lipinski definition) is 0. The molecule has 1 aromatic heterocycles. The molecule has 0 aliphatic rings. The van der Waals surface area contributed by atoms with Gasteiger partial charge in [-0.1, -0.05) is 0 Å². The molecule has 13 heavy (non-hydrogen) atoms. The van der Waals surface area contributed by atoms with Crippen LogP contribution in [0.2, 0.25) is 0 Å². The predicted molar refractivity (Wildman–Crippen MR) is 40.8 cm³/mol. The summed E-state index contributed by atoms with van der Waals surface area (Å²) in [4.78, 5) is 3.45. The van der Waals surface area contributed by atoms with Gasteiger partial charge in [-0.3, -0.25) is 0 Å². The lowest BCUT2D eigenvalue weighted by Crippen LogP contribution is -2.24. The number of alkyl halides is 3. The highest BCUT2D eigenvalue weighted by Crippen LogP contribution is 2.26. The maximum Gasteiger partial charge on any atom is 0.497 e. The highest BCUT2D eigenvalue weighted by Gasteiger charge is 2.45. The molecule has 0 atom stereocenters. The molecule has 0 amide bonds. The van der Waals surface area contributed by atoms with Crippen molar-refractivity contribution in [1.29, 1.82) is 0 Å². The smallest absolute Gasteiger partial charge is 0.249 e. The van der Waals surface area contributed by atoms with Gasteiger partial charge >= 0.3 is 5.51 Å². The van der Waals surface area contributed by atoms with E-state index < -0.39 is 21.1 Å². The first-order chi connectivity index (χ1) is 5.83. The van der Waals surface area contributed by atoms with Crippen LogP contribution in [0.3, 0.4) is 0 Å². The van der Waals surface area contributed by atoms with Crippen LogP contribution in [0, 0.1) is 0 Å². The Morgan fingerprint density at radius 2 is 2.08 bits per heavy atom. The van der Waals surface area contributed by atoms with Gasteiger partial charge in [0.2, 0.25) is 0 Å². The highest BCUT2D eigenvalue weighted by atomic mass is 32.2. The van der Waals surface area contributed by atoms with E-state index in [9.17, 15) is 21.6 Å². The molecule has 1 heterocycles. The number of nitrogens with zero attached hydrogens (tertiary/aromatic N) is 1. The normalized spacial score (nSPS) is 13.2. The predicted octanol–water partition coefficient (Wildman–Crippen LogP) is 1.58. The summed E-state index contributed by atoms with van der Waals surface area (Å²) in [6, 6.07) is 0. The summed E-state index contributed by atoms with van der Waals surface area (Å²) < 4.78 is 56.6. The van der Waals surface area contributed by atoms with Gasteiger partial charge < -0.3 is 0 Å². The van der Waals surface area contributed by atoms with Gasteiger partial charge in [-0.25, -0.2) is 13.4 Å². The largest absolute Gasteiger partial charge is 0.497 e. The van der Waals surface area contributed by atoms with Crippen LogP contribution in [0.4, 0.5) is 13.2 Å². The third-order valence-electron chi connectivity index (χ3n) is 1.15. The first-order valence-corrected chi connectivity index (χ1v) is 5.53. The van der Waals surface area contributed by atoms with Crippen molar-refractivity contribution >= 4 is 21.2 Å². The first kappa shape index (κ1) is 10.5. The number of thiazole rings is 1. The van der Waals surface area contributed by atoms with E-state index in [0.717, 1.165) is 11.3 Å². The Bertz CT molecular complexity index is 367. The third kappa shape index (κ3) is 2.41. The topological polar surface area (TPSA) is 47.0 Å². The fraction of sp³-hybridized carbons (Fsp3) is 0.400. The summed E-state index contributed by atoms with van der Waals surface area (Å²) in [5.41, 5.74) is -5.20. The second-order valence-corrected chi connectivity index (χ2v) is 5.09. The molecule has 1 rings (SSSR count). The second kappa shape index (κ2) is 3.26. The fourth-order valence-corrected chi connectivity index (χ4v) is 2.27. The van der Waals surface area contributed by atoms with Crippen LogP contribution in [-0.2, 0) is 15.6 Å². The van der Waals surface area contributed by atoms with Crippen LogP contribution in [-0.4, -0.2) is 18.9 Å². The van der Waals surface area contributed by atoms with Gasteiger partial charge in [-0.2, -0.15) is 13.2 Å². The zero-order valence-corrected chi connectivity index (χ0v) is 7.71. The van der Waals surface area contributed by atoms with E-state index in [4.69, 9.17) is 0 Å². The number of rotatable bonds is 2. The Kier molecular flexibility index (Phi) is 2.62. The molecule has 0 N–H and O–H groups in total. The summed E-state index contributed by atoms with van der Waals surface area (Å²) in [7, 11) is -5.07. The molecule has 0 bridgehead atoms. The Morgan fingerprint density at radius 3 is 2.46 bits per heavy atom. The molecule has 0 radical (unpaired) electrons. The van der Waals surface area contributed by atoms with Crippen LogP contribution in [0.25, 0.3) is 0 Å². The SMILES string of the molecule is O=S(=O)(Cc1nccs1)C(F)(F)F. The fourth-order valence-electron chi connectivity index (χ4n) is 0.569. The quantitative estimate of drug-likeness (QED) is 0.776. The van der Waals surface area contributed by atoms with Gasteiger partial charge in [0.15, 0.2) is 0 Å². The summed E-state index contributed by atoms with van der Waals surface area (Å²) in [5.74, 6) is -1.08. The molecule has 0 unspecified atom stereocenters. The van der Waals surface area contributed by atoms with Crippen molar-refractivity contribution in [3.63, 3.8) is 0 Å². The van der Waals surface area contributed by atoms with Crippen molar-refractivity contribution in [3.05, 3.63) is 16.6 Å². The molecular weight excluding hydrogens is 227 g/mol. The molecule has 1 aromatic rings. The van der Waals surface area contributed by atoms with Crippen LogP contribution >= 0.6 is 11.3 Å². The minimum absolute atomic E-state index is 0.0580. The average molecular weight is 231 g/mol. The van der Waals surface area contributed by atoms with Crippen molar-refractivity contribution in [3.8, 4) is 0 Å². The van der Waals surface area contributed by atoms with E-state index >= 15 is 0 Å². The third-order valence-corrected chi connectivity index (χ3v) is 3.47. The van der Waals surface area contributed by atoms with E-state index in [-0.39, 0.29) is 5.01 Å². The Balaban J connectivity index is 2.87.